The van der Waals surface area contributed by atoms with Gasteiger partial charge in [0, 0.05) is 6.42 Å². The predicted molar refractivity (Wildman–Crippen MR) is 224 cm³/mol. The molecule has 0 radical (unpaired) electrons. The molecular weight excluding hydrogens is 683 g/mol. The highest BCUT2D eigenvalue weighted by molar-refractivity contribution is 7.45. The fraction of sp³-hybridized carbons (Fsp3) is 0.932. The van der Waals surface area contributed by atoms with Gasteiger partial charge < -0.3 is 28.8 Å². The molecule has 53 heavy (non-hydrogen) atoms. The van der Waals surface area contributed by atoms with E-state index in [4.69, 9.17) is 9.05 Å². The van der Waals surface area contributed by atoms with Crippen molar-refractivity contribution in [3.8, 4) is 0 Å². The van der Waals surface area contributed by atoms with Crippen molar-refractivity contribution in [2.24, 2.45) is 0 Å². The molecule has 8 nitrogen and oxygen atoms in total. The molecule has 0 aliphatic heterocycles. The average Bonchev–Trinajstić information content (AvgIpc) is 3.10. The van der Waals surface area contributed by atoms with Gasteiger partial charge in [-0.15, -0.1) is 0 Å². The minimum atomic E-state index is -4.58. The first kappa shape index (κ1) is 52.2. The predicted octanol–water partition coefficient (Wildman–Crippen LogP) is 11.7. The number of allylic oxidation sites excluding steroid dienone is 1. The number of unbranched alkanes of at least 4 members (excludes halogenated alkanes) is 28. The normalized spacial score (nSPS) is 14.5. The van der Waals surface area contributed by atoms with Crippen molar-refractivity contribution >= 4 is 13.7 Å². The molecule has 0 saturated heterocycles. The highest BCUT2D eigenvalue weighted by Gasteiger charge is 2.23. The fourth-order valence-corrected chi connectivity index (χ4v) is 7.35. The molecule has 0 aromatic carbocycles. The maximum Gasteiger partial charge on any atom is 0.268 e. The molecule has 0 aromatic rings. The molecule has 316 valence electrons. The van der Waals surface area contributed by atoms with Crippen LogP contribution in [0.2, 0.25) is 0 Å². The van der Waals surface area contributed by atoms with Gasteiger partial charge in [0.25, 0.3) is 7.82 Å². The van der Waals surface area contributed by atoms with Crippen LogP contribution in [-0.4, -0.2) is 68.5 Å². The second kappa shape index (κ2) is 36.9. The van der Waals surface area contributed by atoms with Gasteiger partial charge in [0.1, 0.15) is 13.2 Å². The van der Waals surface area contributed by atoms with Crippen LogP contribution in [-0.2, 0) is 18.4 Å². The third kappa shape index (κ3) is 39.3. The number of carbonyl (C=O) groups excluding carboxylic acids is 1. The fourth-order valence-electron chi connectivity index (χ4n) is 6.62. The van der Waals surface area contributed by atoms with Crippen LogP contribution in [0.15, 0.2) is 12.2 Å². The lowest BCUT2D eigenvalue weighted by Crippen LogP contribution is -2.45. The lowest BCUT2D eigenvalue weighted by molar-refractivity contribution is -0.870. The number of aliphatic hydroxyl groups is 1. The number of carbonyl (C=O) groups is 1. The van der Waals surface area contributed by atoms with Gasteiger partial charge in [-0.1, -0.05) is 199 Å². The van der Waals surface area contributed by atoms with E-state index >= 15 is 0 Å². The van der Waals surface area contributed by atoms with Crippen LogP contribution >= 0.6 is 7.82 Å². The molecule has 0 fully saturated rings. The summed E-state index contributed by atoms with van der Waals surface area (Å²) in [6, 6.07) is -0.879. The molecule has 0 saturated carbocycles. The zero-order valence-corrected chi connectivity index (χ0v) is 36.6. The average molecular weight is 773 g/mol. The van der Waals surface area contributed by atoms with Crippen LogP contribution in [0.3, 0.4) is 0 Å². The molecule has 0 heterocycles. The van der Waals surface area contributed by atoms with Crippen molar-refractivity contribution in [1.82, 2.24) is 5.32 Å². The Labute approximate surface area is 329 Å². The molecule has 0 bridgehead atoms. The summed E-state index contributed by atoms with van der Waals surface area (Å²) in [5.74, 6) is -0.195. The van der Waals surface area contributed by atoms with Crippen molar-refractivity contribution in [2.45, 2.75) is 225 Å². The lowest BCUT2D eigenvalue weighted by atomic mass is 10.0. The van der Waals surface area contributed by atoms with Crippen LogP contribution in [0.1, 0.15) is 213 Å². The minimum absolute atomic E-state index is 0.00212. The van der Waals surface area contributed by atoms with Gasteiger partial charge in [0.2, 0.25) is 5.91 Å². The van der Waals surface area contributed by atoms with Crippen LogP contribution in [0.25, 0.3) is 0 Å². The molecule has 1 amide bonds. The first-order valence-electron chi connectivity index (χ1n) is 22.6. The molecule has 0 rings (SSSR count). The van der Waals surface area contributed by atoms with Gasteiger partial charge in [0.15, 0.2) is 0 Å². The molecule has 0 spiro atoms. The minimum Gasteiger partial charge on any atom is -0.756 e. The second-order valence-electron chi connectivity index (χ2n) is 16.8. The molecule has 2 N–H and O–H groups in total. The molecule has 0 aromatic heterocycles. The van der Waals surface area contributed by atoms with E-state index in [0.717, 1.165) is 38.5 Å². The van der Waals surface area contributed by atoms with Gasteiger partial charge in [0.05, 0.1) is 39.9 Å². The molecule has 0 aliphatic carbocycles. The Bertz CT molecular complexity index is 880. The van der Waals surface area contributed by atoms with E-state index in [1.807, 2.05) is 27.2 Å². The van der Waals surface area contributed by atoms with Crippen LogP contribution in [0.5, 0.6) is 0 Å². The van der Waals surface area contributed by atoms with E-state index in [9.17, 15) is 19.4 Å². The standard InChI is InChI=1S/C44H89N2O6P/c1-6-8-10-12-14-16-18-20-22-24-26-28-30-32-34-36-38-44(48)45-42(41-52-53(49,50)51-40-39-46(3,4)5)43(47)37-35-33-31-29-27-25-23-21-19-17-15-13-11-9-7-2/h35,37,42-43,47H,6-34,36,38-41H2,1-5H3,(H-,45,48,49,50)/b37-35+/t42-,43+/m0/s1. The van der Waals surface area contributed by atoms with Gasteiger partial charge in [-0.3, -0.25) is 9.36 Å². The second-order valence-corrected chi connectivity index (χ2v) is 18.2. The monoisotopic (exact) mass is 773 g/mol. The summed E-state index contributed by atoms with van der Waals surface area (Å²) in [5.41, 5.74) is 0. The summed E-state index contributed by atoms with van der Waals surface area (Å²) in [7, 11) is 1.27. The topological polar surface area (TPSA) is 108 Å². The summed E-state index contributed by atoms with van der Waals surface area (Å²) < 4.78 is 23.2. The number of hydrogen-bond acceptors (Lipinski definition) is 6. The largest absolute Gasteiger partial charge is 0.756 e. The van der Waals surface area contributed by atoms with Crippen molar-refractivity contribution in [2.75, 3.05) is 40.9 Å². The van der Waals surface area contributed by atoms with E-state index in [2.05, 4.69) is 19.2 Å². The number of nitrogens with zero attached hydrogens (tertiary/aromatic N) is 1. The van der Waals surface area contributed by atoms with E-state index in [-0.39, 0.29) is 19.1 Å². The highest BCUT2D eigenvalue weighted by atomic mass is 31.2. The smallest absolute Gasteiger partial charge is 0.268 e. The summed E-state index contributed by atoms with van der Waals surface area (Å²) in [6.45, 7) is 4.66. The number of phosphoric acid groups is 1. The van der Waals surface area contributed by atoms with Crippen molar-refractivity contribution < 1.29 is 32.9 Å². The lowest BCUT2D eigenvalue weighted by Gasteiger charge is -2.29. The highest BCUT2D eigenvalue weighted by Crippen LogP contribution is 2.38. The quantitative estimate of drug-likeness (QED) is 0.0277. The summed E-state index contributed by atoms with van der Waals surface area (Å²) in [4.78, 5) is 25.3. The van der Waals surface area contributed by atoms with Gasteiger partial charge >= 0.3 is 0 Å². The SMILES string of the molecule is CCCCCCCCCCCCCCC/C=C/[C@@H](O)[C@H](COP(=O)([O-])OCC[N+](C)(C)C)NC(=O)CCCCCCCCCCCCCCCCCC. The summed E-state index contributed by atoms with van der Waals surface area (Å²) in [5, 5.41) is 13.8. The number of phosphoric ester groups is 1. The Morgan fingerprint density at radius 3 is 1.42 bits per heavy atom. The van der Waals surface area contributed by atoms with E-state index in [1.165, 1.54) is 154 Å². The number of rotatable bonds is 41. The van der Waals surface area contributed by atoms with Gasteiger partial charge in [-0.25, -0.2) is 0 Å². The van der Waals surface area contributed by atoms with E-state index in [0.29, 0.717) is 17.4 Å². The van der Waals surface area contributed by atoms with Crippen LogP contribution in [0.4, 0.5) is 0 Å². The van der Waals surface area contributed by atoms with Gasteiger partial charge in [-0.2, -0.15) is 0 Å². The van der Waals surface area contributed by atoms with Crippen molar-refractivity contribution in [3.05, 3.63) is 12.2 Å². The summed E-state index contributed by atoms with van der Waals surface area (Å²) >= 11 is 0. The molecule has 3 atom stereocenters. The number of aliphatic hydroxyl groups excluding tert-OH is 1. The van der Waals surface area contributed by atoms with Gasteiger partial charge in [-0.05, 0) is 19.3 Å². The zero-order valence-electron chi connectivity index (χ0n) is 35.7. The molecule has 9 heteroatoms. The number of amides is 1. The van der Waals surface area contributed by atoms with E-state index < -0.39 is 20.0 Å². The third-order valence-corrected chi connectivity index (χ3v) is 11.2. The molecule has 0 aliphatic rings. The Hall–Kier alpha value is -0.760. The first-order valence-corrected chi connectivity index (χ1v) is 24.0. The van der Waals surface area contributed by atoms with Crippen molar-refractivity contribution in [1.29, 1.82) is 0 Å². The Morgan fingerprint density at radius 2 is 1.02 bits per heavy atom. The maximum absolute atomic E-state index is 12.8. The van der Waals surface area contributed by atoms with Crippen LogP contribution < -0.4 is 10.2 Å². The van der Waals surface area contributed by atoms with Crippen molar-refractivity contribution in [3.63, 3.8) is 0 Å². The Morgan fingerprint density at radius 1 is 0.642 bits per heavy atom. The zero-order chi connectivity index (χ0) is 39.3. The van der Waals surface area contributed by atoms with Crippen LogP contribution in [0, 0.1) is 0 Å². The number of hydrogen-bond donors (Lipinski definition) is 2. The third-order valence-electron chi connectivity index (χ3n) is 10.2. The first-order chi connectivity index (χ1) is 25.5. The molecular formula is C44H89N2O6P. The van der Waals surface area contributed by atoms with E-state index in [1.54, 1.807) is 6.08 Å². The maximum atomic E-state index is 12.8. The summed E-state index contributed by atoms with van der Waals surface area (Å²) in [6.07, 6.45) is 41.0. The molecule has 1 unspecified atom stereocenters. The number of quaternary nitrogens is 1. The number of nitrogens with one attached hydrogen (secondary N) is 1. The Balaban J connectivity index is 4.39. The Kier molecular flexibility index (Phi) is 36.3. The number of likely N-dealkylation sites (N-methyl/N-ethyl adjacent to an activating group) is 1.